The van der Waals surface area contributed by atoms with Crippen molar-refractivity contribution in [3.05, 3.63) is 30.1 Å². The van der Waals surface area contributed by atoms with Gasteiger partial charge in [-0.3, -0.25) is 4.79 Å². The molecule has 1 aromatic carbocycles. The minimum atomic E-state index is -0.837. The predicted molar refractivity (Wildman–Crippen MR) is 61.4 cm³/mol. The lowest BCUT2D eigenvalue weighted by atomic mass is 10.3. The minimum absolute atomic E-state index is 0.0816. The molecule has 2 rings (SSSR count). The number of fused-ring (bicyclic) bond motifs is 1. The molecule has 0 atom stereocenters. The molecule has 0 spiro atoms. The zero-order chi connectivity index (χ0) is 12.3. The van der Waals surface area contributed by atoms with Crippen molar-refractivity contribution in [2.24, 2.45) is 0 Å². The number of aliphatic carboxylic acids is 1. The van der Waals surface area contributed by atoms with Gasteiger partial charge in [-0.15, -0.1) is 0 Å². The number of carbonyl (C=O) groups is 1. The average Bonchev–Trinajstić information content (AvgIpc) is 2.67. The quantitative estimate of drug-likeness (QED) is 0.867. The fourth-order valence-electron chi connectivity index (χ4n) is 1.87. The lowest BCUT2D eigenvalue weighted by Gasteiger charge is -2.05. The molecule has 5 heteroatoms. The number of aryl methyl sites for hydroxylation is 1. The van der Waals surface area contributed by atoms with Gasteiger partial charge in [0, 0.05) is 13.0 Å². The fraction of sp³-hybridized carbons (Fsp3) is 0.333. The van der Waals surface area contributed by atoms with Crippen molar-refractivity contribution in [3.8, 4) is 0 Å². The summed E-state index contributed by atoms with van der Waals surface area (Å²) in [7, 11) is 0. The summed E-state index contributed by atoms with van der Waals surface area (Å²) in [5.74, 6) is -0.479. The van der Waals surface area contributed by atoms with Crippen molar-refractivity contribution in [1.82, 2.24) is 9.55 Å². The molecule has 0 saturated heterocycles. The maximum atomic E-state index is 12.8. The summed E-state index contributed by atoms with van der Waals surface area (Å²) < 4.78 is 14.6. The van der Waals surface area contributed by atoms with Crippen LogP contribution in [0.1, 0.15) is 18.7 Å². The Hall–Kier alpha value is -1.91. The predicted octanol–water partition coefficient (Wildman–Crippen LogP) is 2.37. The molecule has 90 valence electrons. The van der Waals surface area contributed by atoms with Crippen LogP contribution < -0.4 is 0 Å². The highest BCUT2D eigenvalue weighted by Gasteiger charge is 2.09. The van der Waals surface area contributed by atoms with Crippen LogP contribution >= 0.6 is 0 Å². The maximum absolute atomic E-state index is 12.8. The van der Waals surface area contributed by atoms with Crippen molar-refractivity contribution < 1.29 is 14.3 Å². The van der Waals surface area contributed by atoms with Gasteiger partial charge in [-0.1, -0.05) is 12.1 Å². The van der Waals surface area contributed by atoms with E-state index < -0.39 is 12.6 Å². The Balaban J connectivity index is 2.27. The van der Waals surface area contributed by atoms with E-state index in [1.165, 1.54) is 0 Å². The molecule has 0 unspecified atom stereocenters. The summed E-state index contributed by atoms with van der Waals surface area (Å²) in [6, 6.07) is 7.39. The molecule has 17 heavy (non-hydrogen) atoms. The molecule has 4 nitrogen and oxygen atoms in total. The van der Waals surface area contributed by atoms with Gasteiger partial charge in [0.05, 0.1) is 11.0 Å². The number of rotatable bonds is 5. The number of para-hydroxylation sites is 2. The Kier molecular flexibility index (Phi) is 3.37. The lowest BCUT2D eigenvalue weighted by Crippen LogP contribution is -2.05. The molecule has 0 saturated carbocycles. The van der Waals surface area contributed by atoms with E-state index in [-0.39, 0.29) is 6.42 Å². The number of carboxylic acids is 1. The minimum Gasteiger partial charge on any atom is -0.481 e. The lowest BCUT2D eigenvalue weighted by molar-refractivity contribution is -0.137. The molecule has 0 amide bonds. The SMILES string of the molecule is O=C(O)CCCn1c(CF)nc2ccccc21. The first-order valence-corrected chi connectivity index (χ1v) is 5.44. The van der Waals surface area contributed by atoms with Gasteiger partial charge >= 0.3 is 5.97 Å². The Morgan fingerprint density at radius 3 is 2.88 bits per heavy atom. The molecule has 1 aromatic heterocycles. The van der Waals surface area contributed by atoms with Gasteiger partial charge in [-0.25, -0.2) is 9.37 Å². The monoisotopic (exact) mass is 236 g/mol. The van der Waals surface area contributed by atoms with Crippen molar-refractivity contribution in [2.45, 2.75) is 26.1 Å². The van der Waals surface area contributed by atoms with Gasteiger partial charge in [0.1, 0.15) is 12.5 Å². The van der Waals surface area contributed by atoms with Crippen molar-refractivity contribution in [3.63, 3.8) is 0 Å². The number of aromatic nitrogens is 2. The van der Waals surface area contributed by atoms with E-state index >= 15 is 0 Å². The standard InChI is InChI=1S/C12H13FN2O2/c13-8-11-14-9-4-1-2-5-10(9)15(11)7-3-6-12(16)17/h1-2,4-5H,3,6-8H2,(H,16,17). The topological polar surface area (TPSA) is 55.1 Å². The average molecular weight is 236 g/mol. The summed E-state index contributed by atoms with van der Waals surface area (Å²) >= 11 is 0. The number of alkyl halides is 1. The Morgan fingerprint density at radius 1 is 1.41 bits per heavy atom. The third-order valence-corrected chi connectivity index (χ3v) is 2.63. The Labute approximate surface area is 97.7 Å². The number of nitrogens with zero attached hydrogens (tertiary/aromatic N) is 2. The molecule has 1 N–H and O–H groups in total. The van der Waals surface area contributed by atoms with Crippen molar-refractivity contribution in [2.75, 3.05) is 0 Å². The third-order valence-electron chi connectivity index (χ3n) is 2.63. The van der Waals surface area contributed by atoms with E-state index in [0.29, 0.717) is 18.8 Å². The van der Waals surface area contributed by atoms with Crippen molar-refractivity contribution >= 4 is 17.0 Å². The molecule has 0 fully saturated rings. The van der Waals surface area contributed by atoms with Gasteiger partial charge < -0.3 is 9.67 Å². The van der Waals surface area contributed by atoms with E-state index in [0.717, 1.165) is 11.0 Å². The number of halogens is 1. The molecular weight excluding hydrogens is 223 g/mol. The molecular formula is C12H13FN2O2. The first-order valence-electron chi connectivity index (χ1n) is 5.44. The van der Waals surface area contributed by atoms with Crippen LogP contribution in [0.2, 0.25) is 0 Å². The summed E-state index contributed by atoms with van der Waals surface area (Å²) in [5, 5.41) is 8.58. The summed E-state index contributed by atoms with van der Waals surface area (Å²) in [4.78, 5) is 14.6. The third kappa shape index (κ3) is 2.43. The highest BCUT2D eigenvalue weighted by atomic mass is 19.1. The van der Waals surface area contributed by atoms with Crippen LogP contribution in [0.3, 0.4) is 0 Å². The second-order valence-electron chi connectivity index (χ2n) is 3.80. The van der Waals surface area contributed by atoms with Crippen LogP contribution in [-0.4, -0.2) is 20.6 Å². The molecule has 2 aromatic rings. The summed E-state index contributed by atoms with van der Waals surface area (Å²) in [5.41, 5.74) is 1.60. The number of benzene rings is 1. The number of hydrogen-bond donors (Lipinski definition) is 1. The van der Waals surface area contributed by atoms with Gasteiger partial charge in [0.25, 0.3) is 0 Å². The van der Waals surface area contributed by atoms with Gasteiger partial charge in [-0.05, 0) is 18.6 Å². The second kappa shape index (κ2) is 4.95. The molecule has 0 bridgehead atoms. The van der Waals surface area contributed by atoms with E-state index in [2.05, 4.69) is 4.98 Å². The first-order chi connectivity index (χ1) is 8.22. The summed E-state index contributed by atoms with van der Waals surface area (Å²) in [6.07, 6.45) is 0.556. The molecule has 0 aliphatic carbocycles. The fourth-order valence-corrected chi connectivity index (χ4v) is 1.87. The zero-order valence-electron chi connectivity index (χ0n) is 9.27. The number of hydrogen-bond acceptors (Lipinski definition) is 2. The number of imidazole rings is 1. The van der Waals surface area contributed by atoms with Gasteiger partial charge in [-0.2, -0.15) is 0 Å². The van der Waals surface area contributed by atoms with Crippen LogP contribution in [0.5, 0.6) is 0 Å². The van der Waals surface area contributed by atoms with Crippen LogP contribution in [0.15, 0.2) is 24.3 Å². The Morgan fingerprint density at radius 2 is 2.18 bits per heavy atom. The van der Waals surface area contributed by atoms with Crippen LogP contribution in [0.4, 0.5) is 4.39 Å². The first kappa shape index (κ1) is 11.6. The van der Waals surface area contributed by atoms with Crippen LogP contribution in [0, 0.1) is 0 Å². The van der Waals surface area contributed by atoms with Gasteiger partial charge in [0.2, 0.25) is 0 Å². The van der Waals surface area contributed by atoms with Gasteiger partial charge in [0.15, 0.2) is 0 Å². The highest BCUT2D eigenvalue weighted by Crippen LogP contribution is 2.17. The zero-order valence-corrected chi connectivity index (χ0v) is 9.27. The normalized spacial score (nSPS) is 10.9. The van der Waals surface area contributed by atoms with E-state index in [1.54, 1.807) is 4.57 Å². The smallest absolute Gasteiger partial charge is 0.303 e. The van der Waals surface area contributed by atoms with Crippen molar-refractivity contribution in [1.29, 1.82) is 0 Å². The molecule has 0 radical (unpaired) electrons. The second-order valence-corrected chi connectivity index (χ2v) is 3.80. The van der Waals surface area contributed by atoms with Crippen LogP contribution in [-0.2, 0) is 18.0 Å². The molecule has 0 aliphatic rings. The molecule has 1 heterocycles. The van der Waals surface area contributed by atoms with E-state index in [9.17, 15) is 9.18 Å². The largest absolute Gasteiger partial charge is 0.481 e. The van der Waals surface area contributed by atoms with E-state index in [4.69, 9.17) is 5.11 Å². The highest BCUT2D eigenvalue weighted by molar-refractivity contribution is 5.75. The van der Waals surface area contributed by atoms with E-state index in [1.807, 2.05) is 24.3 Å². The number of carboxylic acid groups (broad SMARTS) is 1. The Bertz CT molecular complexity index is 536. The summed E-state index contributed by atoms with van der Waals surface area (Å²) in [6.45, 7) is -0.159. The maximum Gasteiger partial charge on any atom is 0.303 e. The molecule has 0 aliphatic heterocycles. The van der Waals surface area contributed by atoms with Crippen LogP contribution in [0.25, 0.3) is 11.0 Å².